The molecular weight excluding hydrogens is 362 g/mol. The predicted octanol–water partition coefficient (Wildman–Crippen LogP) is 2.59. The normalized spacial score (nSPS) is 17.3. The van der Waals surface area contributed by atoms with Gasteiger partial charge in [0.1, 0.15) is 0 Å². The first-order valence-corrected chi connectivity index (χ1v) is 10.6. The van der Waals surface area contributed by atoms with Crippen LogP contribution in [0.3, 0.4) is 0 Å². The van der Waals surface area contributed by atoms with Gasteiger partial charge in [-0.25, -0.2) is 8.42 Å². The summed E-state index contributed by atoms with van der Waals surface area (Å²) < 4.78 is 27.9. The van der Waals surface area contributed by atoms with E-state index in [1.165, 1.54) is 12.1 Å². The second-order valence-electron chi connectivity index (χ2n) is 6.89. The Labute approximate surface area is 160 Å². The lowest BCUT2D eigenvalue weighted by atomic mass is 10.1. The number of benzene rings is 2. The fraction of sp³-hybridized carbons (Fsp3) is 0.350. The van der Waals surface area contributed by atoms with Crippen LogP contribution in [0.4, 0.5) is 5.69 Å². The molecule has 0 radical (unpaired) electrons. The molecule has 1 fully saturated rings. The van der Waals surface area contributed by atoms with E-state index in [2.05, 4.69) is 15.4 Å². The number of piperidine rings is 1. The Hall–Kier alpha value is -2.38. The maximum atomic E-state index is 12.6. The third-order valence-electron chi connectivity index (χ3n) is 4.91. The van der Waals surface area contributed by atoms with Crippen LogP contribution in [0.15, 0.2) is 47.4 Å². The summed E-state index contributed by atoms with van der Waals surface area (Å²) >= 11 is 0. The van der Waals surface area contributed by atoms with Gasteiger partial charge in [0.05, 0.1) is 10.6 Å². The van der Waals surface area contributed by atoms with Gasteiger partial charge in [0.2, 0.25) is 0 Å². The standard InChI is InChI=1S/C20H25N3O3S/c1-14-5-3-7-19(15(14)2)23-27(25,26)18-10-8-16(9-11-18)20(24)22-17-6-4-12-21-13-17/h3,5,7-11,17,21,23H,4,6,12-13H2,1-2H3,(H,22,24). The average molecular weight is 388 g/mol. The van der Waals surface area contributed by atoms with E-state index < -0.39 is 10.0 Å². The molecule has 2 aromatic carbocycles. The van der Waals surface area contributed by atoms with Gasteiger partial charge in [-0.05, 0) is 74.7 Å². The highest BCUT2D eigenvalue weighted by atomic mass is 32.2. The molecule has 1 saturated heterocycles. The predicted molar refractivity (Wildman–Crippen MR) is 107 cm³/mol. The van der Waals surface area contributed by atoms with Gasteiger partial charge < -0.3 is 10.6 Å². The lowest BCUT2D eigenvalue weighted by molar-refractivity contribution is 0.0930. The fourth-order valence-electron chi connectivity index (χ4n) is 3.09. The van der Waals surface area contributed by atoms with E-state index in [0.717, 1.165) is 37.1 Å². The van der Waals surface area contributed by atoms with Crippen molar-refractivity contribution in [3.05, 3.63) is 59.2 Å². The minimum absolute atomic E-state index is 0.112. The molecular formula is C20H25N3O3S. The highest BCUT2D eigenvalue weighted by Crippen LogP contribution is 2.22. The van der Waals surface area contributed by atoms with Gasteiger partial charge in [-0.1, -0.05) is 12.1 Å². The van der Waals surface area contributed by atoms with Gasteiger partial charge in [-0.2, -0.15) is 0 Å². The molecule has 0 aromatic heterocycles. The summed E-state index contributed by atoms with van der Waals surface area (Å²) in [7, 11) is -3.71. The zero-order valence-electron chi connectivity index (χ0n) is 15.6. The molecule has 0 saturated carbocycles. The van der Waals surface area contributed by atoms with Crippen molar-refractivity contribution in [2.24, 2.45) is 0 Å². The molecule has 3 N–H and O–H groups in total. The largest absolute Gasteiger partial charge is 0.348 e. The lowest BCUT2D eigenvalue weighted by Crippen LogP contribution is -2.45. The highest BCUT2D eigenvalue weighted by molar-refractivity contribution is 7.92. The number of amides is 1. The zero-order chi connectivity index (χ0) is 19.4. The molecule has 1 aliphatic rings. The van der Waals surface area contributed by atoms with Crippen LogP contribution >= 0.6 is 0 Å². The number of hydrogen-bond acceptors (Lipinski definition) is 4. The van der Waals surface area contributed by atoms with Gasteiger partial charge in [0.25, 0.3) is 15.9 Å². The Kier molecular flexibility index (Phi) is 5.82. The summed E-state index contributed by atoms with van der Waals surface area (Å²) in [5.74, 6) is -0.185. The zero-order valence-corrected chi connectivity index (χ0v) is 16.4. The quantitative estimate of drug-likeness (QED) is 0.736. The highest BCUT2D eigenvalue weighted by Gasteiger charge is 2.19. The van der Waals surface area contributed by atoms with Gasteiger partial charge in [-0.3, -0.25) is 9.52 Å². The Balaban J connectivity index is 1.71. The Morgan fingerprint density at radius 3 is 2.52 bits per heavy atom. The molecule has 2 aromatic rings. The molecule has 1 unspecified atom stereocenters. The van der Waals surface area contributed by atoms with E-state index >= 15 is 0 Å². The second-order valence-corrected chi connectivity index (χ2v) is 8.58. The minimum atomic E-state index is -3.71. The summed E-state index contributed by atoms with van der Waals surface area (Å²) in [6, 6.07) is 11.6. The van der Waals surface area contributed by atoms with Crippen molar-refractivity contribution in [1.29, 1.82) is 0 Å². The number of carbonyl (C=O) groups is 1. The van der Waals surface area contributed by atoms with Crippen molar-refractivity contribution in [1.82, 2.24) is 10.6 Å². The molecule has 0 spiro atoms. The summed E-state index contributed by atoms with van der Waals surface area (Å²) in [4.78, 5) is 12.5. The summed E-state index contributed by atoms with van der Waals surface area (Å²) in [5, 5.41) is 6.23. The summed E-state index contributed by atoms with van der Waals surface area (Å²) in [6.07, 6.45) is 1.98. The van der Waals surface area contributed by atoms with Crippen molar-refractivity contribution in [3.63, 3.8) is 0 Å². The molecule has 6 nitrogen and oxygen atoms in total. The van der Waals surface area contributed by atoms with E-state index in [9.17, 15) is 13.2 Å². The molecule has 144 valence electrons. The number of anilines is 1. The van der Waals surface area contributed by atoms with Gasteiger partial charge >= 0.3 is 0 Å². The first-order chi connectivity index (χ1) is 12.9. The van der Waals surface area contributed by atoms with Crippen LogP contribution < -0.4 is 15.4 Å². The Bertz CT molecular complexity index is 918. The second kappa shape index (κ2) is 8.10. The van der Waals surface area contributed by atoms with E-state index in [1.54, 1.807) is 18.2 Å². The molecule has 1 atom stereocenters. The molecule has 3 rings (SSSR count). The van der Waals surface area contributed by atoms with Crippen LogP contribution in [0.25, 0.3) is 0 Å². The molecule has 0 bridgehead atoms. The van der Waals surface area contributed by atoms with E-state index in [4.69, 9.17) is 0 Å². The number of carbonyl (C=O) groups excluding carboxylic acids is 1. The number of nitrogens with one attached hydrogen (secondary N) is 3. The van der Waals surface area contributed by atoms with Gasteiger partial charge in [0, 0.05) is 18.2 Å². The summed E-state index contributed by atoms with van der Waals surface area (Å²) in [6.45, 7) is 5.55. The molecule has 7 heteroatoms. The maximum Gasteiger partial charge on any atom is 0.261 e. The Morgan fingerprint density at radius 2 is 1.85 bits per heavy atom. The van der Waals surface area contributed by atoms with E-state index in [0.29, 0.717) is 11.3 Å². The van der Waals surface area contributed by atoms with Crippen molar-refractivity contribution in [2.75, 3.05) is 17.8 Å². The van der Waals surface area contributed by atoms with Crippen LogP contribution in [0.5, 0.6) is 0 Å². The number of hydrogen-bond donors (Lipinski definition) is 3. The van der Waals surface area contributed by atoms with Crippen molar-refractivity contribution < 1.29 is 13.2 Å². The fourth-order valence-corrected chi connectivity index (χ4v) is 4.22. The van der Waals surface area contributed by atoms with Crippen molar-refractivity contribution in [2.45, 2.75) is 37.6 Å². The van der Waals surface area contributed by atoms with Crippen LogP contribution in [-0.2, 0) is 10.0 Å². The van der Waals surface area contributed by atoms with Crippen molar-refractivity contribution in [3.8, 4) is 0 Å². The van der Waals surface area contributed by atoms with Gasteiger partial charge in [0.15, 0.2) is 0 Å². The van der Waals surface area contributed by atoms with Crippen LogP contribution in [0, 0.1) is 13.8 Å². The Morgan fingerprint density at radius 1 is 1.11 bits per heavy atom. The number of aryl methyl sites for hydroxylation is 1. The van der Waals surface area contributed by atoms with Crippen LogP contribution in [0.2, 0.25) is 0 Å². The number of rotatable bonds is 5. The number of sulfonamides is 1. The minimum Gasteiger partial charge on any atom is -0.348 e. The maximum absolute atomic E-state index is 12.6. The SMILES string of the molecule is Cc1cccc(NS(=O)(=O)c2ccc(C(=O)NC3CCCNC3)cc2)c1C. The first kappa shape index (κ1) is 19.4. The molecule has 0 aliphatic carbocycles. The molecule has 1 amide bonds. The van der Waals surface area contributed by atoms with Gasteiger partial charge in [-0.15, -0.1) is 0 Å². The average Bonchev–Trinajstić information content (AvgIpc) is 2.66. The van der Waals surface area contributed by atoms with Crippen LogP contribution in [-0.4, -0.2) is 33.5 Å². The third kappa shape index (κ3) is 4.67. The molecule has 27 heavy (non-hydrogen) atoms. The third-order valence-corrected chi connectivity index (χ3v) is 6.29. The topological polar surface area (TPSA) is 87.3 Å². The van der Waals surface area contributed by atoms with Crippen LogP contribution in [0.1, 0.15) is 34.3 Å². The first-order valence-electron chi connectivity index (χ1n) is 9.07. The lowest BCUT2D eigenvalue weighted by Gasteiger charge is -2.23. The molecule has 1 heterocycles. The monoisotopic (exact) mass is 387 g/mol. The summed E-state index contributed by atoms with van der Waals surface area (Å²) in [5.41, 5.74) is 2.91. The van der Waals surface area contributed by atoms with E-state index in [-0.39, 0.29) is 16.8 Å². The molecule has 1 aliphatic heterocycles. The smallest absolute Gasteiger partial charge is 0.261 e. The van der Waals surface area contributed by atoms with E-state index in [1.807, 2.05) is 26.0 Å². The van der Waals surface area contributed by atoms with Crippen molar-refractivity contribution >= 4 is 21.6 Å².